The maximum Gasteiger partial charge on any atom is 0.305 e. The predicted octanol–water partition coefficient (Wildman–Crippen LogP) is 2.18. The van der Waals surface area contributed by atoms with Gasteiger partial charge in [0.05, 0.1) is 23.7 Å². The number of hydrogen-bond donors (Lipinski definition) is 2. The Balaban J connectivity index is 2.57. The molecule has 1 heterocycles. The molecule has 0 radical (unpaired) electrons. The number of anilines is 2. The van der Waals surface area contributed by atoms with Crippen LogP contribution in [0.15, 0.2) is 12.1 Å². The van der Waals surface area contributed by atoms with E-state index in [1.54, 1.807) is 6.92 Å². The zero-order valence-electron chi connectivity index (χ0n) is 12.2. The minimum Gasteiger partial charge on any atom is -0.466 e. The van der Waals surface area contributed by atoms with Crippen molar-refractivity contribution < 1.29 is 14.5 Å². The molecule has 21 heavy (non-hydrogen) atoms. The Morgan fingerprint density at radius 1 is 1.33 bits per heavy atom. The van der Waals surface area contributed by atoms with Crippen LogP contribution in [0.2, 0.25) is 0 Å². The number of rotatable bonds is 9. The number of nitro groups is 1. The topological polar surface area (TPSA) is 106 Å². The lowest BCUT2D eigenvalue weighted by atomic mass is 10.3. The number of ether oxygens (including phenoxy) is 1. The molecule has 8 nitrogen and oxygen atoms in total. The summed E-state index contributed by atoms with van der Waals surface area (Å²) in [4.78, 5) is 25.8. The van der Waals surface area contributed by atoms with Gasteiger partial charge in [-0.2, -0.15) is 0 Å². The fraction of sp³-hybridized carbons (Fsp3) is 0.538. The second-order valence-electron chi connectivity index (χ2n) is 4.22. The quantitative estimate of drug-likeness (QED) is 0.311. The maximum absolute atomic E-state index is 11.2. The number of hydrogen-bond acceptors (Lipinski definition) is 7. The number of nitrogens with one attached hydrogen (secondary N) is 2. The molecule has 0 amide bonds. The molecule has 0 atom stereocenters. The molecular weight excluding hydrogens is 276 g/mol. The van der Waals surface area contributed by atoms with E-state index < -0.39 is 4.92 Å². The lowest BCUT2D eigenvalue weighted by Gasteiger charge is -2.08. The zero-order valence-corrected chi connectivity index (χ0v) is 12.2. The third kappa shape index (κ3) is 6.07. The SMILES string of the molecule is CCNc1cc([N+](=O)[O-])cc(NCCCC(=O)OCC)n1. The predicted molar refractivity (Wildman–Crippen MR) is 79.4 cm³/mol. The van der Waals surface area contributed by atoms with E-state index in [1.807, 2.05) is 6.92 Å². The molecule has 0 bridgehead atoms. The molecule has 2 N–H and O–H groups in total. The Labute approximate surface area is 123 Å². The van der Waals surface area contributed by atoms with Gasteiger partial charge in [0, 0.05) is 19.5 Å². The Kier molecular flexibility index (Phi) is 6.93. The Morgan fingerprint density at radius 3 is 2.57 bits per heavy atom. The molecule has 1 aromatic heterocycles. The number of carbonyl (C=O) groups is 1. The number of aromatic nitrogens is 1. The highest BCUT2D eigenvalue weighted by molar-refractivity contribution is 5.69. The summed E-state index contributed by atoms with van der Waals surface area (Å²) >= 11 is 0. The van der Waals surface area contributed by atoms with Crippen LogP contribution in [-0.2, 0) is 9.53 Å². The fourth-order valence-corrected chi connectivity index (χ4v) is 1.67. The molecule has 0 saturated heterocycles. The minimum absolute atomic E-state index is 0.0335. The molecule has 0 aromatic carbocycles. The maximum atomic E-state index is 11.2. The Morgan fingerprint density at radius 2 is 2.00 bits per heavy atom. The summed E-state index contributed by atoms with van der Waals surface area (Å²) in [6.07, 6.45) is 0.871. The molecule has 0 spiro atoms. The highest BCUT2D eigenvalue weighted by Gasteiger charge is 2.11. The van der Waals surface area contributed by atoms with Gasteiger partial charge in [0.1, 0.15) is 11.6 Å². The second kappa shape index (κ2) is 8.72. The first-order chi connectivity index (χ1) is 10.1. The molecule has 116 valence electrons. The van der Waals surface area contributed by atoms with Crippen molar-refractivity contribution in [2.45, 2.75) is 26.7 Å². The van der Waals surface area contributed by atoms with Gasteiger partial charge in [-0.25, -0.2) is 4.98 Å². The van der Waals surface area contributed by atoms with E-state index >= 15 is 0 Å². The van der Waals surface area contributed by atoms with Crippen molar-refractivity contribution in [2.75, 3.05) is 30.3 Å². The third-order valence-corrected chi connectivity index (χ3v) is 2.55. The monoisotopic (exact) mass is 296 g/mol. The van der Waals surface area contributed by atoms with Crippen molar-refractivity contribution in [2.24, 2.45) is 0 Å². The Bertz CT molecular complexity index is 493. The molecule has 0 aliphatic heterocycles. The molecule has 8 heteroatoms. The van der Waals surface area contributed by atoms with E-state index in [9.17, 15) is 14.9 Å². The summed E-state index contributed by atoms with van der Waals surface area (Å²) in [5.74, 6) is 0.600. The zero-order chi connectivity index (χ0) is 15.7. The standard InChI is InChI=1S/C13H20N4O4/c1-3-14-11-8-10(17(19)20)9-12(16-11)15-7-5-6-13(18)21-4-2/h8-9H,3-7H2,1-2H3,(H2,14,15,16). The largest absolute Gasteiger partial charge is 0.466 e. The lowest BCUT2D eigenvalue weighted by Crippen LogP contribution is -2.10. The third-order valence-electron chi connectivity index (χ3n) is 2.55. The summed E-state index contributed by atoms with van der Waals surface area (Å²) < 4.78 is 4.81. The van der Waals surface area contributed by atoms with Crippen LogP contribution in [0.1, 0.15) is 26.7 Å². The summed E-state index contributed by atoms with van der Waals surface area (Å²) in [6.45, 7) is 5.11. The van der Waals surface area contributed by atoms with Crippen LogP contribution in [0.5, 0.6) is 0 Å². The van der Waals surface area contributed by atoms with Gasteiger partial charge >= 0.3 is 5.97 Å². The van der Waals surface area contributed by atoms with Crippen molar-refractivity contribution in [3.63, 3.8) is 0 Å². The van der Waals surface area contributed by atoms with Gasteiger partial charge in [-0.3, -0.25) is 14.9 Å². The van der Waals surface area contributed by atoms with Gasteiger partial charge in [-0.05, 0) is 20.3 Å². The Hall–Kier alpha value is -2.38. The highest BCUT2D eigenvalue weighted by atomic mass is 16.6. The summed E-state index contributed by atoms with van der Waals surface area (Å²) in [5.41, 5.74) is -0.0335. The summed E-state index contributed by atoms with van der Waals surface area (Å²) in [5, 5.41) is 16.8. The highest BCUT2D eigenvalue weighted by Crippen LogP contribution is 2.20. The van der Waals surface area contributed by atoms with Gasteiger partial charge in [0.2, 0.25) is 0 Å². The van der Waals surface area contributed by atoms with Crippen LogP contribution in [0.4, 0.5) is 17.3 Å². The van der Waals surface area contributed by atoms with E-state index in [0.717, 1.165) is 0 Å². The molecule has 0 saturated carbocycles. The van der Waals surface area contributed by atoms with Crippen LogP contribution in [0.3, 0.4) is 0 Å². The van der Waals surface area contributed by atoms with E-state index in [4.69, 9.17) is 4.74 Å². The summed E-state index contributed by atoms with van der Waals surface area (Å²) in [7, 11) is 0. The van der Waals surface area contributed by atoms with Crippen LogP contribution in [-0.4, -0.2) is 35.6 Å². The molecule has 0 aliphatic carbocycles. The molecule has 0 fully saturated rings. The average molecular weight is 296 g/mol. The molecule has 0 unspecified atom stereocenters. The van der Waals surface area contributed by atoms with Crippen molar-refractivity contribution in [3.8, 4) is 0 Å². The molecule has 1 rings (SSSR count). The van der Waals surface area contributed by atoms with Gasteiger partial charge in [0.25, 0.3) is 5.69 Å². The van der Waals surface area contributed by atoms with Crippen molar-refractivity contribution in [1.82, 2.24) is 4.98 Å². The van der Waals surface area contributed by atoms with Crippen LogP contribution in [0, 0.1) is 10.1 Å². The van der Waals surface area contributed by atoms with Crippen LogP contribution in [0.25, 0.3) is 0 Å². The fourth-order valence-electron chi connectivity index (χ4n) is 1.67. The number of esters is 1. The first-order valence-corrected chi connectivity index (χ1v) is 6.86. The number of carbonyl (C=O) groups excluding carboxylic acids is 1. The van der Waals surface area contributed by atoms with Gasteiger partial charge in [-0.15, -0.1) is 0 Å². The van der Waals surface area contributed by atoms with Gasteiger partial charge < -0.3 is 15.4 Å². The second-order valence-corrected chi connectivity index (χ2v) is 4.22. The smallest absolute Gasteiger partial charge is 0.305 e. The summed E-state index contributed by atoms with van der Waals surface area (Å²) in [6, 6.07) is 2.75. The molecular formula is C13H20N4O4. The van der Waals surface area contributed by atoms with Crippen LogP contribution >= 0.6 is 0 Å². The van der Waals surface area contributed by atoms with E-state index in [-0.39, 0.29) is 11.7 Å². The normalized spacial score (nSPS) is 10.0. The van der Waals surface area contributed by atoms with E-state index in [2.05, 4.69) is 15.6 Å². The van der Waals surface area contributed by atoms with Gasteiger partial charge in [0.15, 0.2) is 0 Å². The number of nitrogens with zero attached hydrogens (tertiary/aromatic N) is 2. The average Bonchev–Trinajstić information content (AvgIpc) is 2.44. The molecule has 0 aliphatic rings. The van der Waals surface area contributed by atoms with Crippen molar-refractivity contribution in [3.05, 3.63) is 22.2 Å². The molecule has 1 aromatic rings. The first-order valence-electron chi connectivity index (χ1n) is 6.86. The van der Waals surface area contributed by atoms with Gasteiger partial charge in [-0.1, -0.05) is 0 Å². The van der Waals surface area contributed by atoms with Crippen molar-refractivity contribution >= 4 is 23.3 Å². The number of pyridine rings is 1. The lowest BCUT2D eigenvalue weighted by molar-refractivity contribution is -0.384. The minimum atomic E-state index is -0.466. The van der Waals surface area contributed by atoms with E-state index in [0.29, 0.717) is 44.2 Å². The van der Waals surface area contributed by atoms with Crippen LogP contribution < -0.4 is 10.6 Å². The van der Waals surface area contributed by atoms with Crippen molar-refractivity contribution in [1.29, 1.82) is 0 Å². The first kappa shape index (κ1) is 16.7. The van der Waals surface area contributed by atoms with E-state index in [1.165, 1.54) is 12.1 Å².